The minimum Gasteiger partial charge on any atom is -0.376 e. The van der Waals surface area contributed by atoms with Crippen molar-refractivity contribution in [3.05, 3.63) is 65.7 Å². The van der Waals surface area contributed by atoms with Gasteiger partial charge in [-0.25, -0.2) is 9.69 Å². The number of ether oxygens (including phenoxy) is 4. The number of unbranched alkanes of at least 4 members (excludes halogenated alkanes) is 1. The van der Waals surface area contributed by atoms with Crippen LogP contribution < -0.4 is 4.90 Å². The van der Waals surface area contributed by atoms with E-state index in [4.69, 9.17) is 18.9 Å². The van der Waals surface area contributed by atoms with Gasteiger partial charge in [0.05, 0.1) is 18.2 Å². The smallest absolute Gasteiger partial charge is 0.332 e. The molecule has 0 bridgehead atoms. The molecule has 5 atom stereocenters. The fourth-order valence-electron chi connectivity index (χ4n) is 5.55. The molecule has 0 saturated carbocycles. The predicted octanol–water partition coefficient (Wildman–Crippen LogP) is 4.65. The van der Waals surface area contributed by atoms with Gasteiger partial charge in [-0.2, -0.15) is 0 Å². The number of urea groups is 1. The first-order valence-corrected chi connectivity index (χ1v) is 13.1. The van der Waals surface area contributed by atoms with Gasteiger partial charge in [-0.15, -0.1) is 0 Å². The number of amides is 3. The highest BCUT2D eigenvalue weighted by Crippen LogP contribution is 2.42. The third-order valence-electron chi connectivity index (χ3n) is 7.36. The maximum Gasteiger partial charge on any atom is 0.332 e. The minimum atomic E-state index is -0.793. The molecule has 3 amide bonds. The van der Waals surface area contributed by atoms with Gasteiger partial charge < -0.3 is 23.8 Å². The Labute approximate surface area is 218 Å². The molecule has 2 aromatic rings. The van der Waals surface area contributed by atoms with Gasteiger partial charge in [0.2, 0.25) is 5.91 Å². The van der Waals surface area contributed by atoms with Crippen molar-refractivity contribution in [3.8, 4) is 0 Å². The largest absolute Gasteiger partial charge is 0.376 e. The van der Waals surface area contributed by atoms with Gasteiger partial charge in [-0.1, -0.05) is 55.8 Å². The Bertz CT molecular complexity index is 1110. The molecule has 3 aliphatic rings. The molecule has 8 heteroatoms. The van der Waals surface area contributed by atoms with Gasteiger partial charge in [0.15, 0.2) is 12.1 Å². The zero-order valence-corrected chi connectivity index (χ0v) is 22.0. The Kier molecular flexibility index (Phi) is 7.36. The molecule has 3 saturated heterocycles. The molecule has 0 radical (unpaired) electrons. The number of hydrogen-bond acceptors (Lipinski definition) is 6. The van der Waals surface area contributed by atoms with Crippen molar-refractivity contribution < 1.29 is 28.5 Å². The van der Waals surface area contributed by atoms with Crippen LogP contribution in [0.3, 0.4) is 0 Å². The third-order valence-corrected chi connectivity index (χ3v) is 7.36. The van der Waals surface area contributed by atoms with E-state index in [1.54, 1.807) is 12.0 Å². The summed E-state index contributed by atoms with van der Waals surface area (Å²) in [7, 11) is 1.60. The van der Waals surface area contributed by atoms with Crippen molar-refractivity contribution in [1.82, 2.24) is 4.90 Å². The summed E-state index contributed by atoms with van der Waals surface area (Å²) < 4.78 is 24.1. The van der Waals surface area contributed by atoms with Crippen LogP contribution in [-0.4, -0.2) is 60.4 Å². The van der Waals surface area contributed by atoms with Crippen LogP contribution in [0.1, 0.15) is 51.2 Å². The van der Waals surface area contributed by atoms with Crippen LogP contribution in [0.4, 0.5) is 10.5 Å². The number of methoxy groups -OCH3 is 1. The van der Waals surface area contributed by atoms with Crippen molar-refractivity contribution in [1.29, 1.82) is 0 Å². The van der Waals surface area contributed by atoms with E-state index in [0.29, 0.717) is 12.2 Å². The second-order valence-electron chi connectivity index (χ2n) is 10.4. The zero-order chi connectivity index (χ0) is 26.2. The normalized spacial score (nSPS) is 29.1. The fourth-order valence-corrected chi connectivity index (χ4v) is 5.55. The van der Waals surface area contributed by atoms with Gasteiger partial charge in [0.25, 0.3) is 0 Å². The number of carbonyl (C=O) groups excluding carboxylic acids is 2. The molecule has 8 nitrogen and oxygen atoms in total. The molecule has 3 fully saturated rings. The lowest BCUT2D eigenvalue weighted by molar-refractivity contribution is -0.223. The van der Waals surface area contributed by atoms with E-state index in [9.17, 15) is 9.59 Å². The molecule has 0 aromatic heterocycles. The molecule has 37 heavy (non-hydrogen) atoms. The molecule has 2 aromatic carbocycles. The number of anilines is 1. The number of carbonyl (C=O) groups is 2. The highest BCUT2D eigenvalue weighted by Gasteiger charge is 2.59. The molecular weight excluding hydrogens is 472 g/mol. The molecule has 3 aliphatic heterocycles. The van der Waals surface area contributed by atoms with Gasteiger partial charge in [0.1, 0.15) is 18.3 Å². The lowest BCUT2D eigenvalue weighted by atomic mass is 9.95. The molecule has 0 aliphatic carbocycles. The topological polar surface area (TPSA) is 77.5 Å². The molecule has 1 unspecified atom stereocenters. The van der Waals surface area contributed by atoms with Crippen LogP contribution in [0.25, 0.3) is 0 Å². The SMILES string of the molecule is CCCCc1ccc(N2C(=O)CC([C@H]3O[C@@H]4OC(C)(C)O[C@@H]4[C@H]3OC)N(Cc3ccccc3)C2=O)cc1. The fraction of sp³-hybridized carbons (Fsp3) is 0.517. The highest BCUT2D eigenvalue weighted by molar-refractivity contribution is 6.16. The molecular formula is C29H36N2O6. The Morgan fingerprint density at radius 3 is 2.38 bits per heavy atom. The summed E-state index contributed by atoms with van der Waals surface area (Å²) in [4.78, 5) is 30.5. The second kappa shape index (κ2) is 10.5. The standard InChI is InChI=1S/C29H36N2O6/c1-5-6-10-19-13-15-21(16-14-19)31-23(32)17-22(30(28(31)33)18-20-11-8-7-9-12-20)24-25(34-4)26-27(35-24)37-29(2,3)36-26/h7-9,11-16,22,24-27H,5-6,10,17-18H2,1-4H3/t22?,24-,25+,26-,27-/m1/s1. The number of rotatable bonds is 8. The Morgan fingerprint density at radius 1 is 0.973 bits per heavy atom. The summed E-state index contributed by atoms with van der Waals surface area (Å²) >= 11 is 0. The molecule has 3 heterocycles. The van der Waals surface area contributed by atoms with Crippen LogP contribution in [0.15, 0.2) is 54.6 Å². The van der Waals surface area contributed by atoms with Gasteiger partial charge in [-0.3, -0.25) is 4.79 Å². The first-order valence-electron chi connectivity index (χ1n) is 13.1. The number of fused-ring (bicyclic) bond motifs is 1. The zero-order valence-electron chi connectivity index (χ0n) is 22.0. The first kappa shape index (κ1) is 25.9. The lowest BCUT2D eigenvalue weighted by Crippen LogP contribution is -2.62. The van der Waals surface area contributed by atoms with Crippen LogP contribution in [0, 0.1) is 0 Å². The summed E-state index contributed by atoms with van der Waals surface area (Å²) in [5, 5.41) is 0. The van der Waals surface area contributed by atoms with E-state index in [1.807, 2.05) is 68.4 Å². The summed E-state index contributed by atoms with van der Waals surface area (Å²) in [6.45, 7) is 6.15. The summed E-state index contributed by atoms with van der Waals surface area (Å²) in [5.41, 5.74) is 2.73. The number of aryl methyl sites for hydroxylation is 1. The van der Waals surface area contributed by atoms with Crippen molar-refractivity contribution in [3.63, 3.8) is 0 Å². The van der Waals surface area contributed by atoms with Crippen molar-refractivity contribution in [2.75, 3.05) is 12.0 Å². The first-order chi connectivity index (χ1) is 17.8. The number of nitrogens with zero attached hydrogens (tertiary/aromatic N) is 2. The Morgan fingerprint density at radius 2 is 1.70 bits per heavy atom. The van der Waals surface area contributed by atoms with E-state index in [-0.39, 0.29) is 18.4 Å². The van der Waals surface area contributed by atoms with E-state index in [2.05, 4.69) is 6.92 Å². The maximum atomic E-state index is 14.0. The number of hydrogen-bond donors (Lipinski definition) is 0. The van der Waals surface area contributed by atoms with Crippen LogP contribution in [0.5, 0.6) is 0 Å². The van der Waals surface area contributed by atoms with Gasteiger partial charge in [0, 0.05) is 13.7 Å². The molecule has 0 N–H and O–H groups in total. The summed E-state index contributed by atoms with van der Waals surface area (Å²) in [6, 6.07) is 16.6. The maximum absolute atomic E-state index is 14.0. The minimum absolute atomic E-state index is 0.101. The average Bonchev–Trinajstić information content (AvgIpc) is 3.36. The monoisotopic (exact) mass is 508 g/mol. The van der Waals surface area contributed by atoms with Crippen molar-refractivity contribution >= 4 is 17.6 Å². The quantitative estimate of drug-likeness (QED) is 0.517. The van der Waals surface area contributed by atoms with Crippen molar-refractivity contribution in [2.24, 2.45) is 0 Å². The van der Waals surface area contributed by atoms with Crippen LogP contribution >= 0.6 is 0 Å². The summed E-state index contributed by atoms with van der Waals surface area (Å²) in [5.74, 6) is -1.06. The van der Waals surface area contributed by atoms with E-state index in [1.165, 1.54) is 10.5 Å². The highest BCUT2D eigenvalue weighted by atomic mass is 16.8. The van der Waals surface area contributed by atoms with E-state index < -0.39 is 36.4 Å². The average molecular weight is 509 g/mol. The van der Waals surface area contributed by atoms with Crippen LogP contribution in [0.2, 0.25) is 0 Å². The molecule has 0 spiro atoms. The Balaban J connectivity index is 1.44. The number of imide groups is 1. The van der Waals surface area contributed by atoms with E-state index >= 15 is 0 Å². The van der Waals surface area contributed by atoms with Crippen molar-refractivity contribution in [2.45, 2.75) is 89.4 Å². The molecule has 5 rings (SSSR count). The number of benzene rings is 2. The van der Waals surface area contributed by atoms with Crippen LogP contribution in [-0.2, 0) is 36.7 Å². The Hall–Kier alpha value is -2.78. The van der Waals surface area contributed by atoms with Gasteiger partial charge in [-0.05, 0) is 49.9 Å². The predicted molar refractivity (Wildman–Crippen MR) is 138 cm³/mol. The van der Waals surface area contributed by atoms with E-state index in [0.717, 1.165) is 24.8 Å². The third kappa shape index (κ3) is 5.16. The van der Waals surface area contributed by atoms with Gasteiger partial charge >= 0.3 is 6.03 Å². The summed E-state index contributed by atoms with van der Waals surface area (Å²) in [6.07, 6.45) is 1.16. The second-order valence-corrected chi connectivity index (χ2v) is 10.4. The lowest BCUT2D eigenvalue weighted by Gasteiger charge is -2.43. The molecule has 198 valence electrons.